The second-order valence-corrected chi connectivity index (χ2v) is 4.99. The lowest BCUT2D eigenvalue weighted by Gasteiger charge is -2.27. The zero-order chi connectivity index (χ0) is 12.8. The summed E-state index contributed by atoms with van der Waals surface area (Å²) in [5.41, 5.74) is -0.757. The van der Waals surface area contributed by atoms with Crippen molar-refractivity contribution in [2.24, 2.45) is 0 Å². The van der Waals surface area contributed by atoms with Crippen LogP contribution in [-0.2, 0) is 4.79 Å². The summed E-state index contributed by atoms with van der Waals surface area (Å²) in [4.78, 5) is 13.6. The van der Waals surface area contributed by atoms with Crippen molar-refractivity contribution in [2.45, 2.75) is 52.7 Å². The van der Waals surface area contributed by atoms with E-state index in [1.165, 1.54) is 0 Å². The second kappa shape index (κ2) is 6.86. The molecule has 96 valence electrons. The lowest BCUT2D eigenvalue weighted by molar-refractivity contribution is -0.123. The van der Waals surface area contributed by atoms with Crippen LogP contribution in [0.1, 0.15) is 41.0 Å². The average Bonchev–Trinajstić information content (AvgIpc) is 2.14. The van der Waals surface area contributed by atoms with Gasteiger partial charge in [-0.15, -0.1) is 0 Å². The summed E-state index contributed by atoms with van der Waals surface area (Å²) in [5.74, 6) is 0.0282. The molecule has 0 aliphatic heterocycles. The maximum absolute atomic E-state index is 11.6. The predicted molar refractivity (Wildman–Crippen MR) is 66.3 cm³/mol. The number of nitrogens with zero attached hydrogens (tertiary/aromatic N) is 1. The third-order valence-corrected chi connectivity index (χ3v) is 2.44. The standard InChI is InChI=1S/C12H26N2O2/c1-6-10(3)13-11(15)8-14(7-2)9-12(4,5)16/h10,16H,6-9H2,1-5H3,(H,13,15). The number of aliphatic hydroxyl groups is 1. The monoisotopic (exact) mass is 230 g/mol. The molecule has 0 aromatic carbocycles. The van der Waals surface area contributed by atoms with Gasteiger partial charge in [-0.05, 0) is 33.7 Å². The molecule has 1 amide bonds. The molecule has 4 nitrogen and oxygen atoms in total. The second-order valence-electron chi connectivity index (χ2n) is 4.99. The summed E-state index contributed by atoms with van der Waals surface area (Å²) in [6.07, 6.45) is 0.934. The lowest BCUT2D eigenvalue weighted by Crippen LogP contribution is -2.45. The Hall–Kier alpha value is -0.610. The molecule has 4 heteroatoms. The number of carbonyl (C=O) groups is 1. The molecule has 1 atom stereocenters. The number of hydrogen-bond donors (Lipinski definition) is 2. The highest BCUT2D eigenvalue weighted by Crippen LogP contribution is 2.04. The van der Waals surface area contributed by atoms with E-state index in [4.69, 9.17) is 0 Å². The van der Waals surface area contributed by atoms with Crippen LogP contribution in [0.3, 0.4) is 0 Å². The Kier molecular flexibility index (Phi) is 6.60. The molecule has 0 aromatic rings. The van der Waals surface area contributed by atoms with Crippen molar-refractivity contribution < 1.29 is 9.90 Å². The van der Waals surface area contributed by atoms with Crippen LogP contribution in [0.5, 0.6) is 0 Å². The first kappa shape index (κ1) is 15.4. The molecular weight excluding hydrogens is 204 g/mol. The van der Waals surface area contributed by atoms with E-state index >= 15 is 0 Å². The van der Waals surface area contributed by atoms with Gasteiger partial charge in [0.2, 0.25) is 5.91 Å². The van der Waals surface area contributed by atoms with Crippen LogP contribution < -0.4 is 5.32 Å². The van der Waals surface area contributed by atoms with Gasteiger partial charge in [0.25, 0.3) is 0 Å². The number of rotatable bonds is 7. The van der Waals surface area contributed by atoms with Crippen molar-refractivity contribution in [1.82, 2.24) is 10.2 Å². The third-order valence-electron chi connectivity index (χ3n) is 2.44. The number of hydrogen-bond acceptors (Lipinski definition) is 3. The van der Waals surface area contributed by atoms with Gasteiger partial charge in [0.1, 0.15) is 0 Å². The highest BCUT2D eigenvalue weighted by Gasteiger charge is 2.19. The molecule has 0 aliphatic carbocycles. The van der Waals surface area contributed by atoms with Crippen LogP contribution in [0.15, 0.2) is 0 Å². The molecule has 16 heavy (non-hydrogen) atoms. The van der Waals surface area contributed by atoms with E-state index in [2.05, 4.69) is 5.32 Å². The number of nitrogens with one attached hydrogen (secondary N) is 1. The Labute approximate surface area is 99.0 Å². The van der Waals surface area contributed by atoms with Crippen LogP contribution in [0, 0.1) is 0 Å². The molecular formula is C12H26N2O2. The molecule has 0 rings (SSSR count). The van der Waals surface area contributed by atoms with Crippen molar-refractivity contribution in [3.63, 3.8) is 0 Å². The van der Waals surface area contributed by atoms with E-state index < -0.39 is 5.60 Å². The van der Waals surface area contributed by atoms with E-state index in [-0.39, 0.29) is 11.9 Å². The molecule has 1 unspecified atom stereocenters. The minimum atomic E-state index is -0.757. The molecule has 0 aromatic heterocycles. The molecule has 0 bridgehead atoms. The predicted octanol–water partition coefficient (Wildman–Crippen LogP) is 0.994. The fourth-order valence-electron chi connectivity index (χ4n) is 1.45. The minimum Gasteiger partial charge on any atom is -0.389 e. The first-order valence-corrected chi connectivity index (χ1v) is 6.02. The lowest BCUT2D eigenvalue weighted by atomic mass is 10.1. The van der Waals surface area contributed by atoms with Gasteiger partial charge >= 0.3 is 0 Å². The van der Waals surface area contributed by atoms with Crippen LogP contribution in [0.2, 0.25) is 0 Å². The topological polar surface area (TPSA) is 52.6 Å². The molecule has 0 saturated carbocycles. The van der Waals surface area contributed by atoms with E-state index in [1.807, 2.05) is 25.7 Å². The Balaban J connectivity index is 4.07. The van der Waals surface area contributed by atoms with E-state index in [0.717, 1.165) is 13.0 Å². The maximum atomic E-state index is 11.6. The fourth-order valence-corrected chi connectivity index (χ4v) is 1.45. The molecule has 0 fully saturated rings. The van der Waals surface area contributed by atoms with Crippen molar-refractivity contribution >= 4 is 5.91 Å². The van der Waals surface area contributed by atoms with Crippen molar-refractivity contribution in [3.05, 3.63) is 0 Å². The summed E-state index contributed by atoms with van der Waals surface area (Å²) >= 11 is 0. The van der Waals surface area contributed by atoms with Crippen LogP contribution in [-0.4, -0.2) is 47.2 Å². The highest BCUT2D eigenvalue weighted by molar-refractivity contribution is 5.78. The van der Waals surface area contributed by atoms with Gasteiger partial charge in [-0.3, -0.25) is 9.69 Å². The van der Waals surface area contributed by atoms with Gasteiger partial charge in [0.15, 0.2) is 0 Å². The normalized spacial score (nSPS) is 13.9. The van der Waals surface area contributed by atoms with Gasteiger partial charge in [0.05, 0.1) is 12.1 Å². The largest absolute Gasteiger partial charge is 0.389 e. The van der Waals surface area contributed by atoms with E-state index in [0.29, 0.717) is 13.1 Å². The summed E-state index contributed by atoms with van der Waals surface area (Å²) < 4.78 is 0. The number of carbonyl (C=O) groups excluding carboxylic acids is 1. The van der Waals surface area contributed by atoms with Gasteiger partial charge in [-0.2, -0.15) is 0 Å². The van der Waals surface area contributed by atoms with Crippen molar-refractivity contribution in [2.75, 3.05) is 19.6 Å². The summed E-state index contributed by atoms with van der Waals surface area (Å²) in [6, 6.07) is 0.216. The molecule has 0 spiro atoms. The maximum Gasteiger partial charge on any atom is 0.234 e. The summed E-state index contributed by atoms with van der Waals surface area (Å²) in [6.45, 7) is 11.1. The Morgan fingerprint density at radius 3 is 2.38 bits per heavy atom. The number of amides is 1. The van der Waals surface area contributed by atoms with Gasteiger partial charge in [-0.1, -0.05) is 13.8 Å². The molecule has 0 aliphatic rings. The first-order chi connectivity index (χ1) is 7.28. The summed E-state index contributed by atoms with van der Waals surface area (Å²) in [5, 5.41) is 12.6. The third kappa shape index (κ3) is 7.65. The van der Waals surface area contributed by atoms with Crippen LogP contribution in [0.4, 0.5) is 0 Å². The minimum absolute atomic E-state index is 0.0282. The average molecular weight is 230 g/mol. The van der Waals surface area contributed by atoms with E-state index in [1.54, 1.807) is 13.8 Å². The van der Waals surface area contributed by atoms with Crippen LogP contribution in [0.25, 0.3) is 0 Å². The molecule has 0 radical (unpaired) electrons. The highest BCUT2D eigenvalue weighted by atomic mass is 16.3. The van der Waals surface area contributed by atoms with Gasteiger partial charge < -0.3 is 10.4 Å². The van der Waals surface area contributed by atoms with Crippen molar-refractivity contribution in [3.8, 4) is 0 Å². The van der Waals surface area contributed by atoms with E-state index in [9.17, 15) is 9.90 Å². The SMILES string of the molecule is CCC(C)NC(=O)CN(CC)CC(C)(C)O. The number of likely N-dealkylation sites (N-methyl/N-ethyl adjacent to an activating group) is 1. The molecule has 0 saturated heterocycles. The quantitative estimate of drug-likeness (QED) is 0.686. The van der Waals surface area contributed by atoms with Gasteiger partial charge in [-0.25, -0.2) is 0 Å². The smallest absolute Gasteiger partial charge is 0.234 e. The van der Waals surface area contributed by atoms with Crippen LogP contribution >= 0.6 is 0 Å². The van der Waals surface area contributed by atoms with Gasteiger partial charge in [0, 0.05) is 12.6 Å². The Morgan fingerprint density at radius 2 is 2.00 bits per heavy atom. The Morgan fingerprint density at radius 1 is 1.44 bits per heavy atom. The molecule has 2 N–H and O–H groups in total. The first-order valence-electron chi connectivity index (χ1n) is 6.02. The molecule has 0 heterocycles. The zero-order valence-corrected chi connectivity index (χ0v) is 11.2. The Bertz CT molecular complexity index is 212. The zero-order valence-electron chi connectivity index (χ0n) is 11.2. The van der Waals surface area contributed by atoms with Crippen molar-refractivity contribution in [1.29, 1.82) is 0 Å². The summed E-state index contributed by atoms with van der Waals surface area (Å²) in [7, 11) is 0. The fraction of sp³-hybridized carbons (Fsp3) is 0.917.